The quantitative estimate of drug-likeness (QED) is 0.509. The van der Waals surface area contributed by atoms with Crippen molar-refractivity contribution in [2.24, 2.45) is 11.3 Å². The van der Waals surface area contributed by atoms with E-state index in [1.54, 1.807) is 6.20 Å². The SMILES string of the molecule is CCC1(CNc2ccnc(NN)c2)CC1. The second-order valence-electron chi connectivity index (χ2n) is 4.28. The van der Waals surface area contributed by atoms with Gasteiger partial charge < -0.3 is 10.7 Å². The maximum atomic E-state index is 5.30. The summed E-state index contributed by atoms with van der Waals surface area (Å²) in [6, 6.07) is 3.89. The molecule has 4 N–H and O–H groups in total. The van der Waals surface area contributed by atoms with Gasteiger partial charge in [-0.05, 0) is 30.7 Å². The number of nitrogens with zero attached hydrogens (tertiary/aromatic N) is 1. The molecule has 0 aliphatic heterocycles. The van der Waals surface area contributed by atoms with E-state index in [9.17, 15) is 0 Å². The highest BCUT2D eigenvalue weighted by Gasteiger charge is 2.40. The Hall–Kier alpha value is -1.29. The lowest BCUT2D eigenvalue weighted by molar-refractivity contribution is 0.521. The van der Waals surface area contributed by atoms with Gasteiger partial charge in [-0.3, -0.25) is 0 Å². The summed E-state index contributed by atoms with van der Waals surface area (Å²) in [6.07, 6.45) is 5.71. The number of nitrogen functional groups attached to an aromatic ring is 1. The Morgan fingerprint density at radius 3 is 2.93 bits per heavy atom. The molecular weight excluding hydrogens is 188 g/mol. The minimum atomic E-state index is 0.555. The normalized spacial score (nSPS) is 17.2. The van der Waals surface area contributed by atoms with Gasteiger partial charge in [-0.25, -0.2) is 10.8 Å². The Bertz CT molecular complexity index is 333. The highest BCUT2D eigenvalue weighted by Crippen LogP contribution is 2.48. The molecule has 1 fully saturated rings. The monoisotopic (exact) mass is 206 g/mol. The molecule has 4 heteroatoms. The molecule has 0 bridgehead atoms. The van der Waals surface area contributed by atoms with Crippen molar-refractivity contribution in [3.63, 3.8) is 0 Å². The van der Waals surface area contributed by atoms with Crippen LogP contribution in [0.4, 0.5) is 11.5 Å². The van der Waals surface area contributed by atoms with Crippen LogP contribution in [0.2, 0.25) is 0 Å². The van der Waals surface area contributed by atoms with Crippen molar-refractivity contribution in [3.05, 3.63) is 18.3 Å². The Kier molecular flexibility index (Phi) is 2.77. The Balaban J connectivity index is 1.93. The maximum absolute atomic E-state index is 5.30. The van der Waals surface area contributed by atoms with Crippen LogP contribution in [-0.4, -0.2) is 11.5 Å². The van der Waals surface area contributed by atoms with Crippen molar-refractivity contribution in [2.75, 3.05) is 17.3 Å². The summed E-state index contributed by atoms with van der Waals surface area (Å²) in [4.78, 5) is 4.06. The maximum Gasteiger partial charge on any atom is 0.141 e. The number of pyridine rings is 1. The molecule has 2 rings (SSSR count). The zero-order chi connectivity index (χ0) is 10.7. The second kappa shape index (κ2) is 4.06. The zero-order valence-corrected chi connectivity index (χ0v) is 9.09. The van der Waals surface area contributed by atoms with Crippen molar-refractivity contribution < 1.29 is 0 Å². The van der Waals surface area contributed by atoms with Crippen LogP contribution in [0.3, 0.4) is 0 Å². The van der Waals surface area contributed by atoms with Gasteiger partial charge in [-0.2, -0.15) is 0 Å². The van der Waals surface area contributed by atoms with Crippen LogP contribution in [0.15, 0.2) is 18.3 Å². The highest BCUT2D eigenvalue weighted by atomic mass is 15.2. The molecule has 15 heavy (non-hydrogen) atoms. The lowest BCUT2D eigenvalue weighted by Gasteiger charge is -2.14. The second-order valence-corrected chi connectivity index (χ2v) is 4.28. The van der Waals surface area contributed by atoms with E-state index in [0.29, 0.717) is 11.2 Å². The van der Waals surface area contributed by atoms with Crippen molar-refractivity contribution in [3.8, 4) is 0 Å². The number of nitrogens with two attached hydrogens (primary N) is 1. The molecular formula is C11H18N4. The predicted molar refractivity (Wildman–Crippen MR) is 62.5 cm³/mol. The molecule has 0 aromatic carbocycles. The summed E-state index contributed by atoms with van der Waals surface area (Å²) < 4.78 is 0. The molecule has 0 atom stereocenters. The number of nitrogens with one attached hydrogen (secondary N) is 2. The van der Waals surface area contributed by atoms with Crippen LogP contribution < -0.4 is 16.6 Å². The van der Waals surface area contributed by atoms with Gasteiger partial charge in [0.2, 0.25) is 0 Å². The van der Waals surface area contributed by atoms with Gasteiger partial charge in [-0.1, -0.05) is 6.92 Å². The van der Waals surface area contributed by atoms with Crippen LogP contribution in [0.5, 0.6) is 0 Å². The van der Waals surface area contributed by atoms with Gasteiger partial charge in [0.05, 0.1) is 0 Å². The van der Waals surface area contributed by atoms with Crippen molar-refractivity contribution in [2.45, 2.75) is 26.2 Å². The molecule has 0 amide bonds. The molecule has 82 valence electrons. The molecule has 4 nitrogen and oxygen atoms in total. The minimum Gasteiger partial charge on any atom is -0.384 e. The number of rotatable bonds is 5. The minimum absolute atomic E-state index is 0.555. The van der Waals surface area contributed by atoms with E-state index < -0.39 is 0 Å². The van der Waals surface area contributed by atoms with E-state index in [2.05, 4.69) is 22.7 Å². The fourth-order valence-corrected chi connectivity index (χ4v) is 1.74. The predicted octanol–water partition coefficient (Wildman–Crippen LogP) is 1.97. The number of anilines is 2. The van der Waals surface area contributed by atoms with Crippen molar-refractivity contribution >= 4 is 11.5 Å². The van der Waals surface area contributed by atoms with Gasteiger partial charge in [0.15, 0.2) is 0 Å². The zero-order valence-electron chi connectivity index (χ0n) is 9.09. The first-order valence-corrected chi connectivity index (χ1v) is 5.44. The van der Waals surface area contributed by atoms with E-state index in [-0.39, 0.29) is 0 Å². The summed E-state index contributed by atoms with van der Waals surface area (Å²) in [5, 5.41) is 3.44. The van der Waals surface area contributed by atoms with Crippen LogP contribution in [0, 0.1) is 5.41 Å². The fourth-order valence-electron chi connectivity index (χ4n) is 1.74. The first-order valence-electron chi connectivity index (χ1n) is 5.44. The summed E-state index contributed by atoms with van der Waals surface area (Å²) in [7, 11) is 0. The smallest absolute Gasteiger partial charge is 0.141 e. The molecule has 1 aliphatic rings. The topological polar surface area (TPSA) is 63.0 Å². The van der Waals surface area contributed by atoms with Crippen LogP contribution in [-0.2, 0) is 0 Å². The number of hydrogen-bond acceptors (Lipinski definition) is 4. The largest absolute Gasteiger partial charge is 0.384 e. The van der Waals surface area contributed by atoms with E-state index in [1.165, 1.54) is 19.3 Å². The molecule has 0 saturated heterocycles. The molecule has 1 aliphatic carbocycles. The lowest BCUT2D eigenvalue weighted by Crippen LogP contribution is -2.15. The molecule has 0 radical (unpaired) electrons. The molecule has 0 unspecified atom stereocenters. The van der Waals surface area contributed by atoms with E-state index in [1.807, 2.05) is 12.1 Å². The third-order valence-corrected chi connectivity index (χ3v) is 3.28. The first-order chi connectivity index (χ1) is 7.28. The fraction of sp³-hybridized carbons (Fsp3) is 0.545. The van der Waals surface area contributed by atoms with Crippen molar-refractivity contribution in [1.29, 1.82) is 0 Å². The number of aromatic nitrogens is 1. The Morgan fingerprint density at radius 2 is 2.33 bits per heavy atom. The molecule has 1 heterocycles. The summed E-state index contributed by atoms with van der Waals surface area (Å²) in [6.45, 7) is 3.31. The lowest BCUT2D eigenvalue weighted by atomic mass is 10.0. The van der Waals surface area contributed by atoms with E-state index in [0.717, 1.165) is 12.2 Å². The van der Waals surface area contributed by atoms with Gasteiger partial charge in [0.25, 0.3) is 0 Å². The average molecular weight is 206 g/mol. The summed E-state index contributed by atoms with van der Waals surface area (Å²) in [5.41, 5.74) is 4.18. The van der Waals surface area contributed by atoms with Crippen LogP contribution in [0.25, 0.3) is 0 Å². The standard InChI is InChI=1S/C11H18N4/c1-2-11(4-5-11)8-14-9-3-6-13-10(7-9)15-12/h3,6-7H,2,4-5,8,12H2,1H3,(H2,13,14,15). The highest BCUT2D eigenvalue weighted by molar-refractivity contribution is 5.51. The third-order valence-electron chi connectivity index (χ3n) is 3.28. The van der Waals surface area contributed by atoms with Gasteiger partial charge >= 0.3 is 0 Å². The van der Waals surface area contributed by atoms with Crippen LogP contribution in [0.1, 0.15) is 26.2 Å². The van der Waals surface area contributed by atoms with E-state index in [4.69, 9.17) is 5.84 Å². The van der Waals surface area contributed by atoms with Gasteiger partial charge in [-0.15, -0.1) is 0 Å². The molecule has 1 aromatic heterocycles. The Labute approximate surface area is 90.2 Å². The summed E-state index contributed by atoms with van der Waals surface area (Å²) in [5.74, 6) is 5.99. The number of hydrogen-bond donors (Lipinski definition) is 3. The summed E-state index contributed by atoms with van der Waals surface area (Å²) >= 11 is 0. The molecule has 1 saturated carbocycles. The molecule has 1 aromatic rings. The van der Waals surface area contributed by atoms with Crippen molar-refractivity contribution in [1.82, 2.24) is 4.98 Å². The first kappa shape index (κ1) is 10.2. The van der Waals surface area contributed by atoms with E-state index >= 15 is 0 Å². The Morgan fingerprint density at radius 1 is 1.53 bits per heavy atom. The molecule has 0 spiro atoms. The van der Waals surface area contributed by atoms with Gasteiger partial charge in [0, 0.05) is 24.5 Å². The third kappa shape index (κ3) is 2.39. The van der Waals surface area contributed by atoms with Gasteiger partial charge in [0.1, 0.15) is 5.82 Å². The van der Waals surface area contributed by atoms with Crippen LogP contribution >= 0.6 is 0 Å². The number of hydrazine groups is 1. The average Bonchev–Trinajstić information content (AvgIpc) is 3.07.